The van der Waals surface area contributed by atoms with Crippen molar-refractivity contribution in [2.75, 3.05) is 6.54 Å². The minimum absolute atomic E-state index is 0.103. The van der Waals surface area contributed by atoms with Gasteiger partial charge in [0.15, 0.2) is 9.84 Å². The van der Waals surface area contributed by atoms with Gasteiger partial charge in [-0.15, -0.1) is 0 Å². The van der Waals surface area contributed by atoms with E-state index in [1.54, 1.807) is 42.7 Å². The van der Waals surface area contributed by atoms with Crippen molar-refractivity contribution >= 4 is 21.7 Å². The average Bonchev–Trinajstić information content (AvgIpc) is 3.27. The lowest BCUT2D eigenvalue weighted by Gasteiger charge is -2.17. The molecule has 0 aliphatic carbocycles. The summed E-state index contributed by atoms with van der Waals surface area (Å²) in [6.07, 6.45) is 4.51. The molecule has 0 fully saturated rings. The Hall–Kier alpha value is -3.46. The topological polar surface area (TPSA) is 118 Å². The van der Waals surface area contributed by atoms with E-state index in [0.29, 0.717) is 0 Å². The monoisotopic (exact) mass is 427 g/mol. The number of amides is 2. The number of hydrogen-bond donors (Lipinski definition) is 2. The standard InChI is InChI=1S/C21H21N3O5S/c1-15-4-6-17(7-5-15)30(27,28)19(18-3-2-12-29-18)14-24-21(26)20(25)23-13-16-8-10-22-11-9-16/h2-12,19H,13-14H2,1H3,(H,23,25)(H,24,26)/t19-/m1/s1. The van der Waals surface area contributed by atoms with Crippen LogP contribution in [-0.2, 0) is 26.0 Å². The molecule has 3 rings (SSSR count). The third-order valence-corrected chi connectivity index (χ3v) is 6.52. The van der Waals surface area contributed by atoms with Crippen LogP contribution in [0.15, 0.2) is 76.5 Å². The molecule has 0 spiro atoms. The van der Waals surface area contributed by atoms with Crippen LogP contribution in [-0.4, -0.2) is 31.8 Å². The maximum absolute atomic E-state index is 13.1. The summed E-state index contributed by atoms with van der Waals surface area (Å²) in [7, 11) is -3.86. The second-order valence-corrected chi connectivity index (χ2v) is 8.74. The van der Waals surface area contributed by atoms with Gasteiger partial charge in [0, 0.05) is 25.5 Å². The highest BCUT2D eigenvalue weighted by atomic mass is 32.2. The Kier molecular flexibility index (Phi) is 6.63. The van der Waals surface area contributed by atoms with E-state index in [0.717, 1.165) is 11.1 Å². The molecule has 0 bridgehead atoms. The number of sulfone groups is 1. The first kappa shape index (κ1) is 21.3. The van der Waals surface area contributed by atoms with Crippen molar-refractivity contribution in [3.63, 3.8) is 0 Å². The Bertz CT molecular complexity index is 1100. The smallest absolute Gasteiger partial charge is 0.309 e. The number of furan rings is 1. The van der Waals surface area contributed by atoms with Crippen molar-refractivity contribution in [3.8, 4) is 0 Å². The largest absolute Gasteiger partial charge is 0.468 e. The zero-order valence-corrected chi connectivity index (χ0v) is 17.1. The molecule has 2 aromatic heterocycles. The van der Waals surface area contributed by atoms with E-state index in [2.05, 4.69) is 15.6 Å². The van der Waals surface area contributed by atoms with Crippen LogP contribution >= 0.6 is 0 Å². The molecule has 3 aromatic rings. The minimum Gasteiger partial charge on any atom is -0.468 e. The van der Waals surface area contributed by atoms with Crippen LogP contribution < -0.4 is 10.6 Å². The molecule has 0 saturated carbocycles. The fourth-order valence-corrected chi connectivity index (χ4v) is 4.35. The van der Waals surface area contributed by atoms with E-state index < -0.39 is 26.9 Å². The molecule has 1 aromatic carbocycles. The molecule has 156 valence electrons. The van der Waals surface area contributed by atoms with Crippen LogP contribution in [0.2, 0.25) is 0 Å². The van der Waals surface area contributed by atoms with Gasteiger partial charge in [-0.2, -0.15) is 0 Å². The van der Waals surface area contributed by atoms with Gasteiger partial charge in [-0.05, 0) is 48.9 Å². The van der Waals surface area contributed by atoms with Crippen molar-refractivity contribution in [3.05, 3.63) is 84.1 Å². The molecule has 8 nitrogen and oxygen atoms in total. The lowest BCUT2D eigenvalue weighted by atomic mass is 10.2. The van der Waals surface area contributed by atoms with E-state index in [9.17, 15) is 18.0 Å². The van der Waals surface area contributed by atoms with Crippen LogP contribution in [0.3, 0.4) is 0 Å². The molecule has 1 atom stereocenters. The van der Waals surface area contributed by atoms with Crippen molar-refractivity contribution in [2.24, 2.45) is 0 Å². The zero-order valence-electron chi connectivity index (χ0n) is 16.2. The molecule has 0 aliphatic rings. The lowest BCUT2D eigenvalue weighted by molar-refractivity contribution is -0.139. The predicted molar refractivity (Wildman–Crippen MR) is 109 cm³/mol. The molecule has 0 unspecified atom stereocenters. The van der Waals surface area contributed by atoms with E-state index in [1.165, 1.54) is 24.5 Å². The summed E-state index contributed by atoms with van der Waals surface area (Å²) in [6, 6.07) is 12.9. The molecule has 2 N–H and O–H groups in total. The molecular formula is C21H21N3O5S. The van der Waals surface area contributed by atoms with Gasteiger partial charge < -0.3 is 15.1 Å². The number of carbonyl (C=O) groups excluding carboxylic acids is 2. The van der Waals surface area contributed by atoms with Crippen molar-refractivity contribution in [1.82, 2.24) is 15.6 Å². The fraction of sp³-hybridized carbons (Fsp3) is 0.190. The Labute approximate surface area is 174 Å². The normalized spacial score (nSPS) is 12.2. The summed E-state index contributed by atoms with van der Waals surface area (Å²) < 4.78 is 31.5. The van der Waals surface area contributed by atoms with Crippen molar-refractivity contribution in [1.29, 1.82) is 0 Å². The number of nitrogens with one attached hydrogen (secondary N) is 2. The lowest BCUT2D eigenvalue weighted by Crippen LogP contribution is -2.42. The average molecular weight is 427 g/mol. The fourth-order valence-electron chi connectivity index (χ4n) is 2.76. The van der Waals surface area contributed by atoms with Crippen LogP contribution in [0.25, 0.3) is 0 Å². The quantitative estimate of drug-likeness (QED) is 0.556. The number of hydrogen-bond acceptors (Lipinski definition) is 6. The SMILES string of the molecule is Cc1ccc(S(=O)(=O)[C@H](CNC(=O)C(=O)NCc2ccncc2)c2ccco2)cc1. The summed E-state index contributed by atoms with van der Waals surface area (Å²) in [5.41, 5.74) is 1.70. The minimum atomic E-state index is -3.86. The predicted octanol–water partition coefficient (Wildman–Crippen LogP) is 1.93. The molecule has 2 amide bonds. The molecule has 2 heterocycles. The number of aromatic nitrogens is 1. The summed E-state index contributed by atoms with van der Waals surface area (Å²) in [5, 5.41) is 3.70. The number of nitrogens with zero attached hydrogens (tertiary/aromatic N) is 1. The molecule has 0 aliphatic heterocycles. The first-order chi connectivity index (χ1) is 14.4. The summed E-state index contributed by atoms with van der Waals surface area (Å²) in [5.74, 6) is -1.62. The van der Waals surface area contributed by atoms with Crippen LogP contribution in [0.5, 0.6) is 0 Å². The van der Waals surface area contributed by atoms with Crippen molar-refractivity contribution in [2.45, 2.75) is 23.6 Å². The summed E-state index contributed by atoms with van der Waals surface area (Å²) in [4.78, 5) is 28.2. The Morgan fingerprint density at radius 3 is 2.30 bits per heavy atom. The maximum atomic E-state index is 13.1. The van der Waals surface area contributed by atoms with Crippen LogP contribution in [0.4, 0.5) is 0 Å². The molecule has 30 heavy (non-hydrogen) atoms. The maximum Gasteiger partial charge on any atom is 0.309 e. The second kappa shape index (κ2) is 9.36. The third kappa shape index (κ3) is 5.12. The van der Waals surface area contributed by atoms with E-state index in [-0.39, 0.29) is 23.7 Å². The second-order valence-electron chi connectivity index (χ2n) is 6.61. The molecule has 0 radical (unpaired) electrons. The summed E-state index contributed by atoms with van der Waals surface area (Å²) in [6.45, 7) is 1.69. The highest BCUT2D eigenvalue weighted by Crippen LogP contribution is 2.29. The number of rotatable bonds is 7. The Morgan fingerprint density at radius 2 is 1.67 bits per heavy atom. The van der Waals surface area contributed by atoms with Gasteiger partial charge in [-0.1, -0.05) is 17.7 Å². The van der Waals surface area contributed by atoms with Crippen molar-refractivity contribution < 1.29 is 22.4 Å². The van der Waals surface area contributed by atoms with Crippen LogP contribution in [0, 0.1) is 6.92 Å². The van der Waals surface area contributed by atoms with Gasteiger partial charge in [0.1, 0.15) is 11.0 Å². The van der Waals surface area contributed by atoms with E-state index >= 15 is 0 Å². The first-order valence-corrected chi connectivity index (χ1v) is 10.7. The highest BCUT2D eigenvalue weighted by molar-refractivity contribution is 7.91. The Balaban J connectivity index is 1.69. The van der Waals surface area contributed by atoms with Gasteiger partial charge in [0.25, 0.3) is 0 Å². The molecule has 0 saturated heterocycles. The molecular weight excluding hydrogens is 406 g/mol. The Morgan fingerprint density at radius 1 is 1.00 bits per heavy atom. The van der Waals surface area contributed by atoms with E-state index in [4.69, 9.17) is 4.42 Å². The zero-order chi connectivity index (χ0) is 21.6. The number of pyridine rings is 1. The van der Waals surface area contributed by atoms with E-state index in [1.807, 2.05) is 6.92 Å². The summed E-state index contributed by atoms with van der Waals surface area (Å²) >= 11 is 0. The molecule has 9 heteroatoms. The number of benzene rings is 1. The number of aryl methyl sites for hydroxylation is 1. The van der Waals surface area contributed by atoms with Gasteiger partial charge in [0.05, 0.1) is 11.2 Å². The third-order valence-electron chi connectivity index (χ3n) is 4.44. The highest BCUT2D eigenvalue weighted by Gasteiger charge is 2.32. The van der Waals surface area contributed by atoms with Gasteiger partial charge in [-0.3, -0.25) is 14.6 Å². The van der Waals surface area contributed by atoms with Gasteiger partial charge >= 0.3 is 11.8 Å². The van der Waals surface area contributed by atoms with Crippen LogP contribution in [0.1, 0.15) is 22.1 Å². The first-order valence-electron chi connectivity index (χ1n) is 9.17. The van der Waals surface area contributed by atoms with Gasteiger partial charge in [-0.25, -0.2) is 8.42 Å². The number of carbonyl (C=O) groups is 2. The van der Waals surface area contributed by atoms with Gasteiger partial charge in [0.2, 0.25) is 0 Å².